The van der Waals surface area contributed by atoms with Crippen LogP contribution < -0.4 is 17.0 Å². The van der Waals surface area contributed by atoms with Crippen LogP contribution in [0.1, 0.15) is 27.9 Å². The number of para-hydroxylation sites is 1. The molecule has 0 radical (unpaired) electrons. The number of nitrogens with zero attached hydrogens (tertiary/aromatic N) is 1. The average molecular weight is 374 g/mol. The molecule has 1 heterocycles. The van der Waals surface area contributed by atoms with Crippen LogP contribution in [0.5, 0.6) is 0 Å². The van der Waals surface area contributed by atoms with E-state index >= 15 is 0 Å². The molecule has 0 spiro atoms. The van der Waals surface area contributed by atoms with Crippen molar-refractivity contribution in [3.8, 4) is 16.8 Å². The molecule has 3 nitrogen and oxygen atoms in total. The summed E-state index contributed by atoms with van der Waals surface area (Å²) in [5.41, 5.74) is 7.61. The maximum absolute atomic E-state index is 12.0. The molecular formula is C20H20ClNO2S. The fraction of sp³-hybridized carbons (Fsp3) is 0.200. The van der Waals surface area contributed by atoms with Gasteiger partial charge in [0, 0.05) is 12.5 Å². The Kier molecular flexibility index (Phi) is 6.34. The highest BCUT2D eigenvalue weighted by Crippen LogP contribution is 2.28. The summed E-state index contributed by atoms with van der Waals surface area (Å²) < 4.78 is 7.01. The molecule has 0 unspecified atom stereocenters. The Morgan fingerprint density at radius 2 is 1.84 bits per heavy atom. The number of halogens is 1. The summed E-state index contributed by atoms with van der Waals surface area (Å²) in [7, 11) is 1.42. The third kappa shape index (κ3) is 3.60. The van der Waals surface area contributed by atoms with Crippen molar-refractivity contribution < 1.29 is 26.5 Å². The van der Waals surface area contributed by atoms with E-state index < -0.39 is 0 Å². The summed E-state index contributed by atoms with van der Waals surface area (Å²) in [6.07, 6.45) is 0.922. The zero-order valence-corrected chi connectivity index (χ0v) is 16.0. The number of methoxy groups -OCH3 is 1. The van der Waals surface area contributed by atoms with Gasteiger partial charge in [-0.2, -0.15) is 4.57 Å². The highest BCUT2D eigenvalue weighted by atomic mass is 35.5. The highest BCUT2D eigenvalue weighted by molar-refractivity contribution is 7.11. The lowest BCUT2D eigenvalue weighted by Crippen LogP contribution is -3.00. The molecule has 0 fully saturated rings. The first-order valence-corrected chi connectivity index (χ1v) is 8.81. The number of benzene rings is 2. The fourth-order valence-corrected chi connectivity index (χ4v) is 3.82. The second-order valence-corrected chi connectivity index (χ2v) is 6.39. The van der Waals surface area contributed by atoms with Crippen molar-refractivity contribution in [2.45, 2.75) is 20.3 Å². The van der Waals surface area contributed by atoms with Crippen molar-refractivity contribution in [2.24, 2.45) is 0 Å². The number of hydrogen-bond acceptors (Lipinski definition) is 3. The zero-order valence-electron chi connectivity index (χ0n) is 14.5. The van der Waals surface area contributed by atoms with E-state index in [1.807, 2.05) is 30.6 Å². The van der Waals surface area contributed by atoms with Gasteiger partial charge in [0.25, 0.3) is 0 Å². The highest BCUT2D eigenvalue weighted by Gasteiger charge is 2.27. The zero-order chi connectivity index (χ0) is 17.1. The van der Waals surface area contributed by atoms with Gasteiger partial charge in [-0.3, -0.25) is 0 Å². The van der Waals surface area contributed by atoms with Gasteiger partial charge in [-0.25, -0.2) is 4.79 Å². The molecule has 2 aromatic carbocycles. The van der Waals surface area contributed by atoms with Crippen LogP contribution in [0.3, 0.4) is 0 Å². The minimum absolute atomic E-state index is 0. The first-order valence-electron chi connectivity index (χ1n) is 7.93. The Balaban J connectivity index is 0.00000225. The Hall–Kier alpha value is -2.17. The monoisotopic (exact) mass is 373 g/mol. The third-order valence-electron chi connectivity index (χ3n) is 4.16. The van der Waals surface area contributed by atoms with Crippen LogP contribution in [0, 0.1) is 6.92 Å². The van der Waals surface area contributed by atoms with Gasteiger partial charge in [0.1, 0.15) is 0 Å². The van der Waals surface area contributed by atoms with Crippen LogP contribution in [0.2, 0.25) is 0 Å². The van der Waals surface area contributed by atoms with Crippen LogP contribution in [0.4, 0.5) is 0 Å². The largest absolute Gasteiger partial charge is 1.00 e. The molecule has 0 amide bonds. The molecule has 25 heavy (non-hydrogen) atoms. The van der Waals surface area contributed by atoms with E-state index in [2.05, 4.69) is 41.8 Å². The second kappa shape index (κ2) is 8.28. The van der Waals surface area contributed by atoms with Crippen LogP contribution in [0.25, 0.3) is 16.8 Å². The van der Waals surface area contributed by atoms with Crippen molar-refractivity contribution in [1.29, 1.82) is 0 Å². The van der Waals surface area contributed by atoms with Gasteiger partial charge in [-0.05, 0) is 18.1 Å². The minimum Gasteiger partial charge on any atom is -1.00 e. The molecule has 3 aromatic rings. The predicted molar refractivity (Wildman–Crippen MR) is 96.7 cm³/mol. The SMILES string of the molecule is CCc1cccc(-c2ccccc2)c1-[n+]1csc(C(=O)OC)c1C.[Cl-]. The Bertz CT molecular complexity index is 875. The van der Waals surface area contributed by atoms with Crippen LogP contribution in [0.15, 0.2) is 54.0 Å². The van der Waals surface area contributed by atoms with Crippen LogP contribution >= 0.6 is 11.3 Å². The molecule has 130 valence electrons. The molecule has 3 rings (SSSR count). The van der Waals surface area contributed by atoms with Crippen molar-refractivity contribution in [1.82, 2.24) is 0 Å². The molecule has 0 atom stereocenters. The Morgan fingerprint density at radius 3 is 2.48 bits per heavy atom. The lowest BCUT2D eigenvalue weighted by molar-refractivity contribution is -0.597. The number of carbonyl (C=O) groups is 1. The predicted octanol–water partition coefficient (Wildman–Crippen LogP) is 1.35. The van der Waals surface area contributed by atoms with Gasteiger partial charge in [0.15, 0.2) is 4.88 Å². The molecular weight excluding hydrogens is 354 g/mol. The standard InChI is InChI=1S/C20H20NO2S.ClH/c1-4-15-11-8-12-17(16-9-6-5-7-10-16)18(15)21-13-24-19(14(21)2)20(22)23-3;/h5-13H,4H2,1-3H3;1H/q+1;/p-1. The van der Waals surface area contributed by atoms with Gasteiger partial charge in [-0.1, -0.05) is 60.7 Å². The van der Waals surface area contributed by atoms with E-state index in [1.165, 1.54) is 29.6 Å². The van der Waals surface area contributed by atoms with E-state index in [0.717, 1.165) is 23.4 Å². The van der Waals surface area contributed by atoms with Crippen molar-refractivity contribution >= 4 is 17.3 Å². The molecule has 0 saturated heterocycles. The summed E-state index contributed by atoms with van der Waals surface area (Å²) in [5.74, 6) is -0.286. The summed E-state index contributed by atoms with van der Waals surface area (Å²) in [6.45, 7) is 4.11. The van der Waals surface area contributed by atoms with Crippen LogP contribution in [-0.4, -0.2) is 13.1 Å². The number of aryl methyl sites for hydroxylation is 1. The maximum atomic E-state index is 12.0. The topological polar surface area (TPSA) is 30.2 Å². The van der Waals surface area contributed by atoms with Gasteiger partial charge in [0.05, 0.1) is 12.7 Å². The number of hydrogen-bond donors (Lipinski definition) is 0. The maximum Gasteiger partial charge on any atom is 0.354 e. The molecule has 1 aromatic heterocycles. The smallest absolute Gasteiger partial charge is 0.354 e. The molecule has 0 aliphatic rings. The lowest BCUT2D eigenvalue weighted by atomic mass is 9.98. The van der Waals surface area contributed by atoms with Gasteiger partial charge in [0.2, 0.25) is 16.9 Å². The first kappa shape index (κ1) is 19.2. The lowest BCUT2D eigenvalue weighted by Gasteiger charge is -2.09. The normalized spacial score (nSPS) is 10.2. The van der Waals surface area contributed by atoms with Gasteiger partial charge < -0.3 is 17.1 Å². The summed E-state index contributed by atoms with van der Waals surface area (Å²) >= 11 is 1.42. The molecule has 0 aliphatic carbocycles. The fourth-order valence-electron chi connectivity index (χ4n) is 2.90. The number of carbonyl (C=O) groups excluding carboxylic acids is 1. The van der Waals surface area contributed by atoms with Gasteiger partial charge >= 0.3 is 5.97 Å². The summed E-state index contributed by atoms with van der Waals surface area (Å²) in [5, 5.41) is 0. The summed E-state index contributed by atoms with van der Waals surface area (Å²) in [4.78, 5) is 12.6. The molecule has 0 saturated carbocycles. The van der Waals surface area contributed by atoms with Gasteiger partial charge in [-0.15, -0.1) is 0 Å². The molecule has 5 heteroatoms. The van der Waals surface area contributed by atoms with E-state index in [-0.39, 0.29) is 18.4 Å². The number of esters is 1. The first-order chi connectivity index (χ1) is 11.7. The quantitative estimate of drug-likeness (QED) is 0.510. The summed E-state index contributed by atoms with van der Waals surface area (Å²) in [6, 6.07) is 16.7. The van der Waals surface area contributed by atoms with Crippen molar-refractivity contribution in [3.05, 3.63) is 70.2 Å². The Morgan fingerprint density at radius 1 is 1.12 bits per heavy atom. The molecule has 0 N–H and O–H groups in total. The van der Waals surface area contributed by atoms with E-state index in [9.17, 15) is 4.79 Å². The van der Waals surface area contributed by atoms with E-state index in [4.69, 9.17) is 4.74 Å². The van der Waals surface area contributed by atoms with Crippen molar-refractivity contribution in [3.63, 3.8) is 0 Å². The number of aromatic nitrogens is 1. The van der Waals surface area contributed by atoms with E-state index in [1.54, 1.807) is 0 Å². The molecule has 0 bridgehead atoms. The minimum atomic E-state index is -0.286. The third-order valence-corrected chi connectivity index (χ3v) is 5.18. The Labute approximate surface area is 158 Å². The van der Waals surface area contributed by atoms with E-state index in [0.29, 0.717) is 4.88 Å². The van der Waals surface area contributed by atoms with Crippen molar-refractivity contribution in [2.75, 3.05) is 7.11 Å². The number of rotatable bonds is 4. The number of ether oxygens (including phenoxy) is 1. The van der Waals surface area contributed by atoms with Crippen LogP contribution in [-0.2, 0) is 11.2 Å². The average Bonchev–Trinajstić information content (AvgIpc) is 3.02. The number of thiazole rings is 1. The second-order valence-electron chi connectivity index (χ2n) is 5.53. The molecule has 0 aliphatic heterocycles.